The van der Waals surface area contributed by atoms with Crippen LogP contribution in [0.2, 0.25) is 0 Å². The third-order valence-corrected chi connectivity index (χ3v) is 4.22. The summed E-state index contributed by atoms with van der Waals surface area (Å²) < 4.78 is 5.33. The van der Waals surface area contributed by atoms with Gasteiger partial charge >= 0.3 is 5.97 Å². The summed E-state index contributed by atoms with van der Waals surface area (Å²) >= 11 is 0. The number of rotatable bonds is 2. The van der Waals surface area contributed by atoms with Gasteiger partial charge < -0.3 is 20.3 Å². The molecule has 17 heavy (non-hydrogen) atoms. The van der Waals surface area contributed by atoms with Crippen LogP contribution in [0.5, 0.6) is 0 Å². The zero-order valence-corrected chi connectivity index (χ0v) is 10.1. The number of hydrogen-bond donors (Lipinski definition) is 3. The molecule has 0 spiro atoms. The summed E-state index contributed by atoms with van der Waals surface area (Å²) in [5.41, 5.74) is -2.18. The van der Waals surface area contributed by atoms with Crippen LogP contribution in [-0.2, 0) is 9.53 Å². The van der Waals surface area contributed by atoms with Gasteiger partial charge in [-0.25, -0.2) is 0 Å². The highest BCUT2D eigenvalue weighted by Crippen LogP contribution is 2.44. The molecule has 2 atom stereocenters. The molecule has 0 aromatic heterocycles. The van der Waals surface area contributed by atoms with E-state index in [0.717, 1.165) is 19.4 Å². The Morgan fingerprint density at radius 3 is 2.65 bits per heavy atom. The van der Waals surface area contributed by atoms with Crippen LogP contribution in [0.1, 0.15) is 32.1 Å². The van der Waals surface area contributed by atoms with Crippen LogP contribution >= 0.6 is 0 Å². The van der Waals surface area contributed by atoms with E-state index in [9.17, 15) is 15.0 Å². The van der Waals surface area contributed by atoms with Crippen LogP contribution in [0.3, 0.4) is 0 Å². The van der Waals surface area contributed by atoms with Gasteiger partial charge in [0.2, 0.25) is 0 Å². The first-order chi connectivity index (χ1) is 8.11. The summed E-state index contributed by atoms with van der Waals surface area (Å²) in [4.78, 5) is 11.7. The Hall–Kier alpha value is -0.650. The SMILES string of the molecule is O=C(O)C1(C2(O)CCCOCC2)CCCNC1. The van der Waals surface area contributed by atoms with E-state index in [0.29, 0.717) is 39.0 Å². The van der Waals surface area contributed by atoms with Crippen molar-refractivity contribution >= 4 is 5.97 Å². The van der Waals surface area contributed by atoms with Gasteiger partial charge in [-0.3, -0.25) is 4.79 Å². The van der Waals surface area contributed by atoms with Gasteiger partial charge in [-0.05, 0) is 32.2 Å². The van der Waals surface area contributed by atoms with E-state index < -0.39 is 17.0 Å². The Kier molecular flexibility index (Phi) is 3.70. The molecular formula is C12H21NO4. The van der Waals surface area contributed by atoms with Gasteiger partial charge in [0, 0.05) is 26.2 Å². The van der Waals surface area contributed by atoms with Crippen molar-refractivity contribution in [3.63, 3.8) is 0 Å². The molecule has 0 amide bonds. The van der Waals surface area contributed by atoms with Crippen LogP contribution in [-0.4, -0.2) is 48.1 Å². The first-order valence-corrected chi connectivity index (χ1v) is 6.35. The average Bonchev–Trinajstić information content (AvgIpc) is 2.56. The predicted octanol–water partition coefficient (Wildman–Crippen LogP) is 0.372. The zero-order valence-electron chi connectivity index (χ0n) is 10.1. The maximum absolute atomic E-state index is 11.7. The lowest BCUT2D eigenvalue weighted by Gasteiger charge is -2.46. The summed E-state index contributed by atoms with van der Waals surface area (Å²) in [5, 5.41) is 23.5. The molecule has 2 fully saturated rings. The molecule has 5 nitrogen and oxygen atoms in total. The van der Waals surface area contributed by atoms with Crippen molar-refractivity contribution in [2.45, 2.75) is 37.7 Å². The van der Waals surface area contributed by atoms with E-state index in [1.807, 2.05) is 0 Å². The summed E-state index contributed by atoms with van der Waals surface area (Å²) in [5.74, 6) is -0.880. The molecular weight excluding hydrogens is 222 g/mol. The van der Waals surface area contributed by atoms with E-state index >= 15 is 0 Å². The lowest BCUT2D eigenvalue weighted by atomic mass is 9.64. The Labute approximate surface area is 101 Å². The largest absolute Gasteiger partial charge is 0.481 e. The smallest absolute Gasteiger partial charge is 0.313 e. The topological polar surface area (TPSA) is 78.8 Å². The van der Waals surface area contributed by atoms with Crippen molar-refractivity contribution in [2.24, 2.45) is 5.41 Å². The third-order valence-electron chi connectivity index (χ3n) is 4.22. The van der Waals surface area contributed by atoms with Gasteiger partial charge in [-0.15, -0.1) is 0 Å². The van der Waals surface area contributed by atoms with Crippen molar-refractivity contribution < 1.29 is 19.7 Å². The van der Waals surface area contributed by atoms with Crippen molar-refractivity contribution in [1.29, 1.82) is 0 Å². The molecule has 0 aromatic carbocycles. The minimum Gasteiger partial charge on any atom is -0.481 e. The number of carboxylic acid groups (broad SMARTS) is 1. The number of carboxylic acids is 1. The van der Waals surface area contributed by atoms with Crippen LogP contribution in [0, 0.1) is 5.41 Å². The van der Waals surface area contributed by atoms with Crippen molar-refractivity contribution in [3.05, 3.63) is 0 Å². The molecule has 3 N–H and O–H groups in total. The number of piperidine rings is 1. The van der Waals surface area contributed by atoms with Crippen LogP contribution in [0.25, 0.3) is 0 Å². The van der Waals surface area contributed by atoms with Gasteiger partial charge in [-0.1, -0.05) is 0 Å². The Balaban J connectivity index is 2.26. The minimum atomic E-state index is -1.14. The molecule has 2 rings (SSSR count). The first-order valence-electron chi connectivity index (χ1n) is 6.35. The molecule has 5 heteroatoms. The van der Waals surface area contributed by atoms with Gasteiger partial charge in [-0.2, -0.15) is 0 Å². The molecule has 0 saturated carbocycles. The Morgan fingerprint density at radius 1 is 1.18 bits per heavy atom. The molecule has 98 valence electrons. The molecule has 2 aliphatic heterocycles. The normalized spacial score (nSPS) is 39.6. The fraction of sp³-hybridized carbons (Fsp3) is 0.917. The van der Waals surface area contributed by atoms with Crippen molar-refractivity contribution in [1.82, 2.24) is 5.32 Å². The number of nitrogens with one attached hydrogen (secondary N) is 1. The number of hydrogen-bond acceptors (Lipinski definition) is 4. The lowest BCUT2D eigenvalue weighted by Crippen LogP contribution is -2.60. The molecule has 0 bridgehead atoms. The molecule has 0 aliphatic carbocycles. The zero-order chi connectivity index (χ0) is 12.4. The van der Waals surface area contributed by atoms with E-state index in [4.69, 9.17) is 4.74 Å². The Morgan fingerprint density at radius 2 is 2.00 bits per heavy atom. The highest BCUT2D eigenvalue weighted by molar-refractivity contribution is 5.77. The number of ether oxygens (including phenoxy) is 1. The van der Waals surface area contributed by atoms with Gasteiger partial charge in [0.1, 0.15) is 5.41 Å². The molecule has 2 unspecified atom stereocenters. The fourth-order valence-corrected chi connectivity index (χ4v) is 3.10. The number of carbonyl (C=O) groups is 1. The number of aliphatic carboxylic acids is 1. The quantitative estimate of drug-likeness (QED) is 0.653. The highest BCUT2D eigenvalue weighted by Gasteiger charge is 2.55. The van der Waals surface area contributed by atoms with Crippen LogP contribution < -0.4 is 5.32 Å². The second kappa shape index (κ2) is 4.92. The van der Waals surface area contributed by atoms with E-state index in [-0.39, 0.29) is 0 Å². The maximum Gasteiger partial charge on any atom is 0.313 e. The number of aliphatic hydroxyl groups is 1. The predicted molar refractivity (Wildman–Crippen MR) is 61.8 cm³/mol. The van der Waals surface area contributed by atoms with Crippen LogP contribution in [0.4, 0.5) is 0 Å². The summed E-state index contributed by atoms with van der Waals surface area (Å²) in [6.45, 7) is 2.26. The van der Waals surface area contributed by atoms with Gasteiger partial charge in [0.15, 0.2) is 0 Å². The van der Waals surface area contributed by atoms with Gasteiger partial charge in [0.05, 0.1) is 5.60 Å². The summed E-state index contributed by atoms with van der Waals surface area (Å²) in [7, 11) is 0. The van der Waals surface area contributed by atoms with Crippen LogP contribution in [0.15, 0.2) is 0 Å². The molecule has 2 saturated heterocycles. The van der Waals surface area contributed by atoms with Crippen molar-refractivity contribution in [3.8, 4) is 0 Å². The first kappa shape index (κ1) is 12.8. The van der Waals surface area contributed by atoms with E-state index in [2.05, 4.69) is 5.32 Å². The van der Waals surface area contributed by atoms with E-state index in [1.54, 1.807) is 0 Å². The second-order valence-electron chi connectivity index (χ2n) is 5.17. The lowest BCUT2D eigenvalue weighted by molar-refractivity contribution is -0.175. The molecule has 2 aliphatic rings. The van der Waals surface area contributed by atoms with E-state index in [1.165, 1.54) is 0 Å². The monoisotopic (exact) mass is 243 g/mol. The molecule has 0 radical (unpaired) electrons. The van der Waals surface area contributed by atoms with Gasteiger partial charge in [0.25, 0.3) is 0 Å². The third kappa shape index (κ3) is 2.19. The van der Waals surface area contributed by atoms with Crippen molar-refractivity contribution in [2.75, 3.05) is 26.3 Å². The molecule has 0 aromatic rings. The molecule has 2 heterocycles. The second-order valence-corrected chi connectivity index (χ2v) is 5.17. The standard InChI is InChI=1S/C12H21NO4/c14-10(15)11(3-1-6-13-9-11)12(16)4-2-7-17-8-5-12/h13,16H,1-9H2,(H,14,15). The fourth-order valence-electron chi connectivity index (χ4n) is 3.10. The maximum atomic E-state index is 11.7. The highest BCUT2D eigenvalue weighted by atomic mass is 16.5. The average molecular weight is 243 g/mol. The minimum absolute atomic E-state index is 0.360. The summed E-state index contributed by atoms with van der Waals surface area (Å²) in [6.07, 6.45) is 3.01. The Bertz CT molecular complexity index is 278. The summed E-state index contributed by atoms with van der Waals surface area (Å²) in [6, 6.07) is 0.